The number of aromatic nitrogens is 2. The van der Waals surface area contributed by atoms with Gasteiger partial charge in [0.1, 0.15) is 11.8 Å². The van der Waals surface area contributed by atoms with Crippen molar-refractivity contribution >= 4 is 34.6 Å². The van der Waals surface area contributed by atoms with Crippen molar-refractivity contribution in [3.63, 3.8) is 0 Å². The second-order valence-corrected chi connectivity index (χ2v) is 6.18. The molecule has 128 valence electrons. The van der Waals surface area contributed by atoms with Gasteiger partial charge in [-0.25, -0.2) is 9.78 Å². The van der Waals surface area contributed by atoms with Gasteiger partial charge in [-0.05, 0) is 44.2 Å². The summed E-state index contributed by atoms with van der Waals surface area (Å²) in [5.41, 5.74) is 2.78. The summed E-state index contributed by atoms with van der Waals surface area (Å²) in [4.78, 5) is 17.2. The molecule has 4 rings (SSSR count). The highest BCUT2D eigenvalue weighted by Gasteiger charge is 2.36. The molecule has 0 saturated carbocycles. The molecule has 0 amide bonds. The second-order valence-electron chi connectivity index (χ2n) is 5.74. The lowest BCUT2D eigenvalue weighted by atomic mass is 10.0. The maximum atomic E-state index is 12.6. The zero-order chi connectivity index (χ0) is 17.6. The molecular formula is C18H16ClN3O3. The number of ether oxygens (including phenoxy) is 1. The lowest BCUT2D eigenvalue weighted by Gasteiger charge is -2.28. The van der Waals surface area contributed by atoms with Gasteiger partial charge in [-0.1, -0.05) is 11.6 Å². The molecule has 0 fully saturated rings. The minimum atomic E-state index is -0.462. The zero-order valence-corrected chi connectivity index (χ0v) is 14.5. The maximum Gasteiger partial charge on any atom is 0.338 e. The minimum absolute atomic E-state index is 0.299. The van der Waals surface area contributed by atoms with Gasteiger partial charge in [0.25, 0.3) is 0 Å². The van der Waals surface area contributed by atoms with Crippen LogP contribution in [0.25, 0.3) is 11.0 Å². The SMILES string of the molecule is CCOC(=O)C1=C(C)Nc2nc3cc(Cl)ccc3n2C1c1ccco1. The smallest absolute Gasteiger partial charge is 0.338 e. The average Bonchev–Trinajstić information content (AvgIpc) is 3.20. The van der Waals surface area contributed by atoms with Crippen molar-refractivity contribution in [2.45, 2.75) is 19.9 Å². The number of benzene rings is 1. The molecular weight excluding hydrogens is 342 g/mol. The molecule has 3 aromatic rings. The first-order chi connectivity index (χ1) is 12.1. The Hall–Kier alpha value is -2.73. The highest BCUT2D eigenvalue weighted by molar-refractivity contribution is 6.31. The number of carbonyl (C=O) groups is 1. The predicted molar refractivity (Wildman–Crippen MR) is 94.5 cm³/mol. The molecule has 1 unspecified atom stereocenters. The van der Waals surface area contributed by atoms with Crippen molar-refractivity contribution < 1.29 is 13.9 Å². The van der Waals surface area contributed by atoms with Crippen LogP contribution in [0.3, 0.4) is 0 Å². The first-order valence-corrected chi connectivity index (χ1v) is 8.33. The van der Waals surface area contributed by atoms with Crippen LogP contribution in [0, 0.1) is 0 Å². The molecule has 0 saturated heterocycles. The predicted octanol–water partition coefficient (Wildman–Crippen LogP) is 4.13. The number of carbonyl (C=O) groups excluding carboxylic acids is 1. The van der Waals surface area contributed by atoms with Crippen molar-refractivity contribution in [3.05, 3.63) is 58.6 Å². The molecule has 0 radical (unpaired) electrons. The van der Waals surface area contributed by atoms with Gasteiger partial charge in [-0.2, -0.15) is 0 Å². The van der Waals surface area contributed by atoms with E-state index in [1.165, 1.54) is 0 Å². The number of nitrogens with zero attached hydrogens (tertiary/aromatic N) is 2. The van der Waals surface area contributed by atoms with E-state index in [1.807, 2.05) is 23.6 Å². The van der Waals surface area contributed by atoms with Crippen LogP contribution in [0.15, 0.2) is 52.3 Å². The van der Waals surface area contributed by atoms with Crippen molar-refractivity contribution in [1.29, 1.82) is 0 Å². The van der Waals surface area contributed by atoms with Crippen molar-refractivity contribution in [3.8, 4) is 0 Å². The molecule has 0 aliphatic carbocycles. The van der Waals surface area contributed by atoms with E-state index in [4.69, 9.17) is 20.8 Å². The number of esters is 1. The van der Waals surface area contributed by atoms with Gasteiger partial charge in [0, 0.05) is 10.7 Å². The fourth-order valence-corrected chi connectivity index (χ4v) is 3.35. The normalized spacial score (nSPS) is 16.7. The lowest BCUT2D eigenvalue weighted by molar-refractivity contribution is -0.139. The van der Waals surface area contributed by atoms with Crippen LogP contribution in [-0.4, -0.2) is 22.1 Å². The van der Waals surface area contributed by atoms with Crippen molar-refractivity contribution in [2.24, 2.45) is 0 Å². The van der Waals surface area contributed by atoms with Crippen LogP contribution in [0.2, 0.25) is 5.02 Å². The number of nitrogens with one attached hydrogen (secondary N) is 1. The molecule has 1 N–H and O–H groups in total. The van der Waals surface area contributed by atoms with E-state index in [0.29, 0.717) is 34.6 Å². The number of anilines is 1. The van der Waals surface area contributed by atoms with E-state index >= 15 is 0 Å². The van der Waals surface area contributed by atoms with E-state index in [1.54, 1.807) is 31.4 Å². The molecule has 1 aromatic carbocycles. The third-order valence-corrected chi connectivity index (χ3v) is 4.43. The fourth-order valence-electron chi connectivity index (χ4n) is 3.18. The average molecular weight is 358 g/mol. The van der Waals surface area contributed by atoms with Gasteiger partial charge >= 0.3 is 5.97 Å². The largest absolute Gasteiger partial charge is 0.467 e. The molecule has 0 bridgehead atoms. The summed E-state index contributed by atoms with van der Waals surface area (Å²) in [7, 11) is 0. The van der Waals surface area contributed by atoms with E-state index < -0.39 is 6.04 Å². The molecule has 1 aliphatic rings. The van der Waals surface area contributed by atoms with E-state index in [0.717, 1.165) is 11.0 Å². The Morgan fingerprint density at radius 1 is 1.44 bits per heavy atom. The summed E-state index contributed by atoms with van der Waals surface area (Å²) in [5.74, 6) is 0.888. The van der Waals surface area contributed by atoms with E-state index in [9.17, 15) is 4.79 Å². The number of fused-ring (bicyclic) bond motifs is 3. The number of allylic oxidation sites excluding steroid dienone is 1. The van der Waals surface area contributed by atoms with Gasteiger partial charge in [-0.3, -0.25) is 4.57 Å². The lowest BCUT2D eigenvalue weighted by Crippen LogP contribution is -2.28. The number of rotatable bonds is 3. The Balaban J connectivity index is 1.97. The molecule has 0 spiro atoms. The third kappa shape index (κ3) is 2.49. The summed E-state index contributed by atoms with van der Waals surface area (Å²) in [6, 6.07) is 8.65. The fraction of sp³-hybridized carbons (Fsp3) is 0.222. The summed E-state index contributed by atoms with van der Waals surface area (Å²) in [6.45, 7) is 3.91. The molecule has 25 heavy (non-hydrogen) atoms. The molecule has 1 atom stereocenters. The van der Waals surface area contributed by atoms with Gasteiger partial charge < -0.3 is 14.5 Å². The zero-order valence-electron chi connectivity index (χ0n) is 13.7. The van der Waals surface area contributed by atoms with Crippen molar-refractivity contribution in [1.82, 2.24) is 9.55 Å². The molecule has 2 aromatic heterocycles. The molecule has 6 nitrogen and oxygen atoms in total. The minimum Gasteiger partial charge on any atom is -0.467 e. The Bertz CT molecular complexity index is 989. The Labute approximate surface area is 149 Å². The summed E-state index contributed by atoms with van der Waals surface area (Å²) in [6.07, 6.45) is 1.59. The first kappa shape index (κ1) is 15.8. The number of hydrogen-bond acceptors (Lipinski definition) is 5. The Morgan fingerprint density at radius 3 is 3.00 bits per heavy atom. The van der Waals surface area contributed by atoms with Gasteiger partial charge in [0.05, 0.1) is 29.5 Å². The summed E-state index contributed by atoms with van der Waals surface area (Å²) < 4.78 is 12.8. The first-order valence-electron chi connectivity index (χ1n) is 7.96. The van der Waals surface area contributed by atoms with Crippen LogP contribution in [0.1, 0.15) is 25.6 Å². The van der Waals surface area contributed by atoms with Gasteiger partial charge in [-0.15, -0.1) is 0 Å². The monoisotopic (exact) mass is 357 g/mol. The maximum absolute atomic E-state index is 12.6. The van der Waals surface area contributed by atoms with E-state index in [2.05, 4.69) is 10.3 Å². The van der Waals surface area contributed by atoms with Crippen LogP contribution >= 0.6 is 11.6 Å². The standard InChI is InChI=1S/C18H16ClN3O3/c1-3-24-17(23)15-10(2)20-18-21-12-9-11(19)6-7-13(12)22(18)16(15)14-5-4-8-25-14/h4-9,16H,3H2,1-2H3,(H,20,21). The van der Waals surface area contributed by atoms with Crippen molar-refractivity contribution in [2.75, 3.05) is 11.9 Å². The molecule has 1 aliphatic heterocycles. The highest BCUT2D eigenvalue weighted by atomic mass is 35.5. The number of imidazole rings is 1. The number of halogens is 1. The quantitative estimate of drug-likeness (QED) is 0.713. The van der Waals surface area contributed by atoms with Gasteiger partial charge in [0.2, 0.25) is 5.95 Å². The molecule has 3 heterocycles. The summed E-state index contributed by atoms with van der Waals surface area (Å²) >= 11 is 6.09. The van der Waals surface area contributed by atoms with Crippen LogP contribution < -0.4 is 5.32 Å². The van der Waals surface area contributed by atoms with Crippen LogP contribution in [0.4, 0.5) is 5.95 Å². The number of furan rings is 1. The van der Waals surface area contributed by atoms with Crippen LogP contribution in [-0.2, 0) is 9.53 Å². The Kier molecular flexibility index (Phi) is 3.77. The molecule has 7 heteroatoms. The highest BCUT2D eigenvalue weighted by Crippen LogP contribution is 2.40. The van der Waals surface area contributed by atoms with E-state index in [-0.39, 0.29) is 5.97 Å². The second kappa shape index (κ2) is 5.97. The number of hydrogen-bond donors (Lipinski definition) is 1. The van der Waals surface area contributed by atoms with Gasteiger partial charge in [0.15, 0.2) is 0 Å². The summed E-state index contributed by atoms with van der Waals surface area (Å²) in [5, 5.41) is 3.80. The Morgan fingerprint density at radius 2 is 2.28 bits per heavy atom. The topological polar surface area (TPSA) is 69.3 Å². The van der Waals surface area contributed by atoms with Crippen LogP contribution in [0.5, 0.6) is 0 Å². The third-order valence-electron chi connectivity index (χ3n) is 4.19.